The van der Waals surface area contributed by atoms with Gasteiger partial charge in [-0.15, -0.1) is 0 Å². The topological polar surface area (TPSA) is 95.4 Å². The van der Waals surface area contributed by atoms with Crippen LogP contribution in [0.3, 0.4) is 0 Å². The van der Waals surface area contributed by atoms with Crippen LogP contribution < -0.4 is 0 Å². The number of aryl methyl sites for hydroxylation is 1. The smallest absolute Gasteiger partial charge is 0.338 e. The van der Waals surface area contributed by atoms with E-state index < -0.39 is 18.2 Å². The molecular weight excluding hydrogens is 272 g/mol. The SMILES string of the molecule is CCCCc1nc(Cl)c(C(O)C(O)C(=O)OCC)[nH]1. The molecule has 0 fully saturated rings. The van der Waals surface area contributed by atoms with Crippen LogP contribution in [-0.4, -0.2) is 38.9 Å². The van der Waals surface area contributed by atoms with Gasteiger partial charge in [0.05, 0.1) is 12.3 Å². The highest BCUT2D eigenvalue weighted by Crippen LogP contribution is 2.24. The van der Waals surface area contributed by atoms with Gasteiger partial charge in [-0.25, -0.2) is 9.78 Å². The first kappa shape index (κ1) is 15.9. The van der Waals surface area contributed by atoms with Gasteiger partial charge in [0, 0.05) is 6.42 Å². The highest BCUT2D eigenvalue weighted by atomic mass is 35.5. The van der Waals surface area contributed by atoms with E-state index in [0.29, 0.717) is 12.2 Å². The molecular formula is C12H19ClN2O4. The third kappa shape index (κ3) is 4.19. The molecule has 2 atom stereocenters. The van der Waals surface area contributed by atoms with Crippen LogP contribution in [0.2, 0.25) is 5.15 Å². The summed E-state index contributed by atoms with van der Waals surface area (Å²) in [7, 11) is 0. The first-order chi connectivity index (χ1) is 9.01. The number of carbonyl (C=O) groups excluding carboxylic acids is 1. The highest BCUT2D eigenvalue weighted by Gasteiger charge is 2.30. The third-order valence-corrected chi connectivity index (χ3v) is 2.91. The number of aromatic nitrogens is 2. The van der Waals surface area contributed by atoms with E-state index in [0.717, 1.165) is 12.8 Å². The molecule has 0 saturated heterocycles. The number of carbonyl (C=O) groups is 1. The Labute approximate surface area is 116 Å². The first-order valence-electron chi connectivity index (χ1n) is 6.28. The Hall–Kier alpha value is -1.11. The summed E-state index contributed by atoms with van der Waals surface area (Å²) in [5, 5.41) is 19.6. The zero-order valence-electron chi connectivity index (χ0n) is 11.0. The molecule has 6 nitrogen and oxygen atoms in total. The Morgan fingerprint density at radius 2 is 2.16 bits per heavy atom. The van der Waals surface area contributed by atoms with Crippen molar-refractivity contribution in [3.8, 4) is 0 Å². The van der Waals surface area contributed by atoms with Crippen molar-refractivity contribution in [3.05, 3.63) is 16.7 Å². The van der Waals surface area contributed by atoms with Crippen molar-refractivity contribution in [2.45, 2.75) is 45.3 Å². The molecule has 0 aliphatic rings. The van der Waals surface area contributed by atoms with Crippen molar-refractivity contribution in [2.75, 3.05) is 6.61 Å². The number of nitrogens with one attached hydrogen (secondary N) is 1. The summed E-state index contributed by atoms with van der Waals surface area (Å²) < 4.78 is 4.63. The van der Waals surface area contributed by atoms with Gasteiger partial charge in [-0.1, -0.05) is 24.9 Å². The summed E-state index contributed by atoms with van der Waals surface area (Å²) in [5.74, 6) is -0.271. The summed E-state index contributed by atoms with van der Waals surface area (Å²) in [6, 6.07) is 0. The van der Waals surface area contributed by atoms with Gasteiger partial charge < -0.3 is 19.9 Å². The molecule has 108 valence electrons. The van der Waals surface area contributed by atoms with Crippen molar-refractivity contribution in [3.63, 3.8) is 0 Å². The maximum absolute atomic E-state index is 11.3. The van der Waals surface area contributed by atoms with E-state index in [1.54, 1.807) is 6.92 Å². The molecule has 7 heteroatoms. The fourth-order valence-corrected chi connectivity index (χ4v) is 1.85. The van der Waals surface area contributed by atoms with E-state index in [2.05, 4.69) is 14.7 Å². The largest absolute Gasteiger partial charge is 0.464 e. The van der Waals surface area contributed by atoms with Crippen molar-refractivity contribution in [1.29, 1.82) is 0 Å². The van der Waals surface area contributed by atoms with Crippen LogP contribution in [-0.2, 0) is 16.0 Å². The van der Waals surface area contributed by atoms with E-state index in [4.69, 9.17) is 11.6 Å². The molecule has 0 spiro atoms. The van der Waals surface area contributed by atoms with Gasteiger partial charge in [0.25, 0.3) is 0 Å². The number of halogens is 1. The summed E-state index contributed by atoms with van der Waals surface area (Å²) >= 11 is 5.88. The van der Waals surface area contributed by atoms with E-state index in [-0.39, 0.29) is 17.5 Å². The molecule has 19 heavy (non-hydrogen) atoms. The average molecular weight is 291 g/mol. The lowest BCUT2D eigenvalue weighted by Gasteiger charge is -2.15. The molecule has 1 aromatic heterocycles. The van der Waals surface area contributed by atoms with Crippen LogP contribution >= 0.6 is 11.6 Å². The fourth-order valence-electron chi connectivity index (χ4n) is 1.59. The second kappa shape index (κ2) is 7.47. The Morgan fingerprint density at radius 1 is 1.47 bits per heavy atom. The van der Waals surface area contributed by atoms with E-state index in [9.17, 15) is 15.0 Å². The lowest BCUT2D eigenvalue weighted by atomic mass is 10.1. The fraction of sp³-hybridized carbons (Fsp3) is 0.667. The van der Waals surface area contributed by atoms with Gasteiger partial charge in [0.15, 0.2) is 11.3 Å². The number of aliphatic hydroxyl groups excluding tert-OH is 2. The standard InChI is InChI=1S/C12H19ClN2O4/c1-3-5-6-7-14-8(11(13)15-7)9(16)10(17)12(18)19-4-2/h9-10,16-17H,3-6H2,1-2H3,(H,14,15). The molecule has 1 heterocycles. The van der Waals surface area contributed by atoms with Crippen LogP contribution in [0.5, 0.6) is 0 Å². The summed E-state index contributed by atoms with van der Waals surface area (Å²) in [6.45, 7) is 3.79. The minimum absolute atomic E-state index is 0.0574. The number of hydrogen-bond donors (Lipinski definition) is 3. The Morgan fingerprint density at radius 3 is 2.74 bits per heavy atom. The lowest BCUT2D eigenvalue weighted by Crippen LogP contribution is -2.30. The molecule has 0 bridgehead atoms. The van der Waals surface area contributed by atoms with Crippen molar-refractivity contribution < 1.29 is 19.7 Å². The Bertz CT molecular complexity index is 422. The molecule has 0 radical (unpaired) electrons. The number of aliphatic hydroxyl groups is 2. The Balaban J connectivity index is 2.78. The molecule has 3 N–H and O–H groups in total. The summed E-state index contributed by atoms with van der Waals surface area (Å²) in [6.07, 6.45) is -0.536. The normalized spacial score (nSPS) is 14.2. The lowest BCUT2D eigenvalue weighted by molar-refractivity contribution is -0.159. The van der Waals surface area contributed by atoms with Crippen molar-refractivity contribution >= 4 is 17.6 Å². The average Bonchev–Trinajstić information content (AvgIpc) is 2.76. The number of ether oxygens (including phenoxy) is 1. The Kier molecular flexibility index (Phi) is 6.27. The monoisotopic (exact) mass is 290 g/mol. The number of esters is 1. The van der Waals surface area contributed by atoms with Crippen molar-refractivity contribution in [1.82, 2.24) is 9.97 Å². The molecule has 0 aromatic carbocycles. The van der Waals surface area contributed by atoms with E-state index in [1.165, 1.54) is 0 Å². The van der Waals surface area contributed by atoms with Gasteiger partial charge in [-0.3, -0.25) is 0 Å². The number of nitrogens with zero attached hydrogens (tertiary/aromatic N) is 1. The zero-order chi connectivity index (χ0) is 14.4. The van der Waals surface area contributed by atoms with Crippen LogP contribution in [0.4, 0.5) is 0 Å². The third-order valence-electron chi connectivity index (χ3n) is 2.62. The molecule has 1 aromatic rings. The van der Waals surface area contributed by atoms with Gasteiger partial charge in [0.1, 0.15) is 11.9 Å². The minimum Gasteiger partial charge on any atom is -0.464 e. The summed E-state index contributed by atoms with van der Waals surface area (Å²) in [5.41, 5.74) is 0.133. The predicted molar refractivity (Wildman–Crippen MR) is 69.8 cm³/mol. The van der Waals surface area contributed by atoms with Gasteiger partial charge >= 0.3 is 5.97 Å². The second-order valence-electron chi connectivity index (χ2n) is 4.13. The molecule has 1 rings (SSSR count). The van der Waals surface area contributed by atoms with Gasteiger partial charge in [-0.2, -0.15) is 0 Å². The van der Waals surface area contributed by atoms with E-state index >= 15 is 0 Å². The number of H-pyrrole nitrogens is 1. The van der Waals surface area contributed by atoms with Crippen LogP contribution in [0.1, 0.15) is 44.3 Å². The molecule has 0 aliphatic carbocycles. The zero-order valence-corrected chi connectivity index (χ0v) is 11.8. The number of rotatable bonds is 7. The van der Waals surface area contributed by atoms with Gasteiger partial charge in [0.2, 0.25) is 0 Å². The predicted octanol–water partition coefficient (Wildman–Crippen LogP) is 1.36. The van der Waals surface area contributed by atoms with Crippen molar-refractivity contribution in [2.24, 2.45) is 0 Å². The maximum Gasteiger partial charge on any atom is 0.338 e. The second-order valence-corrected chi connectivity index (χ2v) is 4.49. The molecule has 0 aliphatic heterocycles. The maximum atomic E-state index is 11.3. The first-order valence-corrected chi connectivity index (χ1v) is 6.66. The van der Waals surface area contributed by atoms with Crippen LogP contribution in [0.25, 0.3) is 0 Å². The minimum atomic E-state index is -1.68. The van der Waals surface area contributed by atoms with Crippen LogP contribution in [0.15, 0.2) is 0 Å². The molecule has 0 saturated carbocycles. The summed E-state index contributed by atoms with van der Waals surface area (Å²) in [4.78, 5) is 18.2. The quantitative estimate of drug-likeness (QED) is 0.659. The van der Waals surface area contributed by atoms with E-state index in [1.807, 2.05) is 6.92 Å². The number of hydrogen-bond acceptors (Lipinski definition) is 5. The highest BCUT2D eigenvalue weighted by molar-refractivity contribution is 6.30. The molecule has 2 unspecified atom stereocenters. The number of imidazole rings is 1. The van der Waals surface area contributed by atoms with Gasteiger partial charge in [-0.05, 0) is 13.3 Å². The van der Waals surface area contributed by atoms with Crippen LogP contribution in [0, 0.1) is 0 Å². The number of unbranched alkanes of at least 4 members (excludes halogenated alkanes) is 1. The number of aromatic amines is 1. The molecule has 0 amide bonds.